The number of amidine groups is 1. The van der Waals surface area contributed by atoms with Crippen LogP contribution in [0.15, 0.2) is 46.3 Å². The standard InChI is InChI=1S/C17H11FN2O2S/c1-22-14-11-9(8-5-3-2-4-6-8)7-10(18)12(14)13(11)15-16(21)20-17(19)23-15/h2-7H,1H3,(H2,19,20,21)/b15-13+. The van der Waals surface area contributed by atoms with Gasteiger partial charge < -0.3 is 10.5 Å². The SMILES string of the molecule is COc1c2c(F)cc(-c3ccccc3)c1/c2=C1\SC(N)=NC1=O. The molecule has 2 N–H and O–H groups in total. The lowest BCUT2D eigenvalue weighted by Gasteiger charge is -2.30. The fourth-order valence-corrected chi connectivity index (χ4v) is 3.70. The van der Waals surface area contributed by atoms with Crippen molar-refractivity contribution < 1.29 is 13.9 Å². The fraction of sp³-hybridized carbons (Fsp3) is 0.0588. The van der Waals surface area contributed by atoms with Crippen LogP contribution in [0.1, 0.15) is 11.1 Å². The number of carbonyl (C=O) groups excluding carboxylic acids is 1. The third kappa shape index (κ3) is 1.91. The first-order valence-corrected chi connectivity index (χ1v) is 7.70. The summed E-state index contributed by atoms with van der Waals surface area (Å²) in [6.45, 7) is 0. The van der Waals surface area contributed by atoms with Crippen molar-refractivity contribution in [2.75, 3.05) is 7.11 Å². The van der Waals surface area contributed by atoms with Gasteiger partial charge in [-0.25, -0.2) is 4.39 Å². The number of methoxy groups -OCH3 is 1. The molecule has 0 aromatic heterocycles. The van der Waals surface area contributed by atoms with Crippen molar-refractivity contribution in [3.8, 4) is 16.9 Å². The minimum absolute atomic E-state index is 0.174. The summed E-state index contributed by atoms with van der Waals surface area (Å²) in [6.07, 6.45) is 0. The second-order valence-corrected chi connectivity index (χ2v) is 6.15. The molecule has 1 heterocycles. The van der Waals surface area contributed by atoms with E-state index in [1.807, 2.05) is 30.3 Å². The highest BCUT2D eigenvalue weighted by atomic mass is 32.2. The van der Waals surface area contributed by atoms with Crippen LogP contribution in [0.5, 0.6) is 5.75 Å². The van der Waals surface area contributed by atoms with E-state index in [0.29, 0.717) is 27.4 Å². The number of nitrogens with two attached hydrogens (primary N) is 1. The molecule has 4 rings (SSSR count). The Morgan fingerprint density at radius 1 is 1.22 bits per heavy atom. The number of nitrogens with zero attached hydrogens (tertiary/aromatic N) is 1. The number of halogens is 1. The molecule has 114 valence electrons. The molecule has 0 spiro atoms. The highest BCUT2D eigenvalue weighted by Crippen LogP contribution is 2.56. The predicted octanol–water partition coefficient (Wildman–Crippen LogP) is 3.16. The molecule has 4 nitrogen and oxygen atoms in total. The zero-order chi connectivity index (χ0) is 16.1. The van der Waals surface area contributed by atoms with Crippen molar-refractivity contribution in [3.63, 3.8) is 0 Å². The summed E-state index contributed by atoms with van der Waals surface area (Å²) in [5.74, 6) is -0.392. The lowest BCUT2D eigenvalue weighted by molar-refractivity contribution is -0.113. The second kappa shape index (κ2) is 4.96. The molecule has 0 unspecified atom stereocenters. The highest BCUT2D eigenvalue weighted by Gasteiger charge is 2.40. The maximum atomic E-state index is 14.6. The Kier molecular flexibility index (Phi) is 3.02. The van der Waals surface area contributed by atoms with Gasteiger partial charge in [0.15, 0.2) is 5.17 Å². The summed E-state index contributed by atoms with van der Waals surface area (Å²) in [5, 5.41) is 0.174. The molecule has 1 aliphatic carbocycles. The van der Waals surface area contributed by atoms with Crippen LogP contribution in [-0.2, 0) is 4.79 Å². The average Bonchev–Trinajstić information content (AvgIpc) is 2.86. The van der Waals surface area contributed by atoms with Crippen LogP contribution in [0.25, 0.3) is 16.7 Å². The van der Waals surface area contributed by atoms with Crippen LogP contribution < -0.4 is 10.5 Å². The molecule has 23 heavy (non-hydrogen) atoms. The van der Waals surface area contributed by atoms with Crippen LogP contribution in [0.3, 0.4) is 0 Å². The number of fused-ring (bicyclic) bond motifs is 2. The van der Waals surface area contributed by atoms with Gasteiger partial charge in [-0.3, -0.25) is 4.79 Å². The van der Waals surface area contributed by atoms with E-state index < -0.39 is 11.7 Å². The van der Waals surface area contributed by atoms with E-state index in [1.165, 1.54) is 13.2 Å². The molecule has 2 bridgehead atoms. The number of aliphatic imine (C=N–C) groups is 1. The molecule has 0 radical (unpaired) electrons. The zero-order valence-corrected chi connectivity index (χ0v) is 12.9. The van der Waals surface area contributed by atoms with Gasteiger partial charge in [-0.05, 0) is 29.0 Å². The number of rotatable bonds is 2. The van der Waals surface area contributed by atoms with E-state index in [0.717, 1.165) is 22.9 Å². The maximum Gasteiger partial charge on any atom is 0.286 e. The van der Waals surface area contributed by atoms with Gasteiger partial charge in [0.1, 0.15) is 11.6 Å². The Labute approximate surface area is 135 Å². The van der Waals surface area contributed by atoms with E-state index in [-0.39, 0.29) is 5.17 Å². The van der Waals surface area contributed by atoms with E-state index in [1.54, 1.807) is 0 Å². The number of hydrogen-bond acceptors (Lipinski definition) is 4. The Hall–Kier alpha value is -2.60. The summed E-state index contributed by atoms with van der Waals surface area (Å²) in [6, 6.07) is 10.9. The van der Waals surface area contributed by atoms with Gasteiger partial charge in [0.2, 0.25) is 0 Å². The van der Waals surface area contributed by atoms with Crippen LogP contribution in [0, 0.1) is 5.82 Å². The lowest BCUT2D eigenvalue weighted by atomic mass is 9.78. The Balaban J connectivity index is 1.98. The van der Waals surface area contributed by atoms with Gasteiger partial charge in [-0.2, -0.15) is 4.99 Å². The molecule has 0 saturated heterocycles. The largest absolute Gasteiger partial charge is 0.495 e. The zero-order valence-electron chi connectivity index (χ0n) is 12.1. The molecule has 1 amide bonds. The summed E-state index contributed by atoms with van der Waals surface area (Å²) in [5.41, 5.74) is 8.76. The predicted molar refractivity (Wildman–Crippen MR) is 88.6 cm³/mol. The van der Waals surface area contributed by atoms with Gasteiger partial charge in [0.05, 0.1) is 17.6 Å². The number of carbonyl (C=O) groups is 1. The van der Waals surface area contributed by atoms with Crippen molar-refractivity contribution >= 4 is 28.4 Å². The number of amides is 1. The summed E-state index contributed by atoms with van der Waals surface area (Å²) in [4.78, 5) is 16.1. The van der Waals surface area contributed by atoms with E-state index in [2.05, 4.69) is 4.99 Å². The summed E-state index contributed by atoms with van der Waals surface area (Å²) >= 11 is 1.07. The van der Waals surface area contributed by atoms with Crippen molar-refractivity contribution in [2.24, 2.45) is 10.7 Å². The Bertz CT molecular complexity index is 920. The monoisotopic (exact) mass is 326 g/mol. The van der Waals surface area contributed by atoms with E-state index in [9.17, 15) is 9.18 Å². The van der Waals surface area contributed by atoms with Crippen LogP contribution >= 0.6 is 11.8 Å². The van der Waals surface area contributed by atoms with E-state index in [4.69, 9.17) is 10.5 Å². The number of benzene rings is 2. The molecular weight excluding hydrogens is 315 g/mol. The lowest BCUT2D eigenvalue weighted by Crippen LogP contribution is -2.15. The molecule has 6 heteroatoms. The first-order valence-electron chi connectivity index (χ1n) is 6.89. The average molecular weight is 326 g/mol. The van der Waals surface area contributed by atoms with Crippen molar-refractivity contribution in [1.29, 1.82) is 0 Å². The van der Waals surface area contributed by atoms with Crippen molar-refractivity contribution in [2.45, 2.75) is 0 Å². The summed E-state index contributed by atoms with van der Waals surface area (Å²) in [7, 11) is 1.49. The fourth-order valence-electron chi connectivity index (χ4n) is 2.93. The quantitative estimate of drug-likeness (QED) is 0.735. The van der Waals surface area contributed by atoms with Crippen molar-refractivity contribution in [3.05, 3.63) is 58.2 Å². The number of hydrogen-bond donors (Lipinski definition) is 1. The molecule has 2 aromatic carbocycles. The molecule has 0 atom stereocenters. The molecule has 1 aliphatic heterocycles. The first-order chi connectivity index (χ1) is 11.1. The van der Waals surface area contributed by atoms with Gasteiger partial charge >= 0.3 is 0 Å². The third-order valence-electron chi connectivity index (χ3n) is 3.86. The van der Waals surface area contributed by atoms with Gasteiger partial charge in [0.25, 0.3) is 5.91 Å². The molecular formula is C17H11FN2O2S. The van der Waals surface area contributed by atoms with E-state index >= 15 is 0 Å². The van der Waals surface area contributed by atoms with Crippen LogP contribution in [0.2, 0.25) is 0 Å². The molecule has 0 saturated carbocycles. The maximum absolute atomic E-state index is 14.6. The molecule has 2 aromatic rings. The minimum Gasteiger partial charge on any atom is -0.495 e. The van der Waals surface area contributed by atoms with Crippen LogP contribution in [0.4, 0.5) is 4.39 Å². The molecule has 2 aliphatic rings. The normalized spacial score (nSPS) is 18.7. The van der Waals surface area contributed by atoms with Gasteiger partial charge in [-0.1, -0.05) is 30.3 Å². The topological polar surface area (TPSA) is 64.7 Å². The highest BCUT2D eigenvalue weighted by molar-refractivity contribution is 8.18. The number of thioether (sulfide) groups is 1. The van der Waals surface area contributed by atoms with Crippen LogP contribution in [-0.4, -0.2) is 18.2 Å². The smallest absolute Gasteiger partial charge is 0.286 e. The Morgan fingerprint density at radius 3 is 2.57 bits per heavy atom. The van der Waals surface area contributed by atoms with Crippen molar-refractivity contribution in [1.82, 2.24) is 0 Å². The third-order valence-corrected chi connectivity index (χ3v) is 4.75. The first kappa shape index (κ1) is 14.0. The minimum atomic E-state index is -0.435. The summed E-state index contributed by atoms with van der Waals surface area (Å²) < 4.78 is 19.9. The Morgan fingerprint density at radius 2 is 1.96 bits per heavy atom. The van der Waals surface area contributed by atoms with Gasteiger partial charge in [-0.15, -0.1) is 0 Å². The molecule has 0 fully saturated rings. The second-order valence-electron chi connectivity index (χ2n) is 5.12. The number of ether oxygens (including phenoxy) is 1. The van der Waals surface area contributed by atoms with Gasteiger partial charge in [0, 0.05) is 11.1 Å².